The van der Waals surface area contributed by atoms with Gasteiger partial charge in [0.1, 0.15) is 0 Å². The minimum atomic E-state index is 0.343. The number of hydrogen-bond acceptors (Lipinski definition) is 3. The Labute approximate surface area is 92.0 Å². The van der Waals surface area contributed by atoms with Crippen molar-refractivity contribution in [2.45, 2.75) is 51.2 Å². The summed E-state index contributed by atoms with van der Waals surface area (Å²) >= 11 is 0. The minimum Gasteiger partial charge on any atom is -0.378 e. The summed E-state index contributed by atoms with van der Waals surface area (Å²) in [5.74, 6) is 6.25. The highest BCUT2D eigenvalue weighted by Gasteiger charge is 2.31. The first kappa shape index (κ1) is 11.1. The molecule has 0 bridgehead atoms. The third-order valence-corrected chi connectivity index (χ3v) is 3.61. The number of rotatable bonds is 3. The van der Waals surface area contributed by atoms with Gasteiger partial charge in [-0.05, 0) is 39.0 Å². The predicted octanol–water partition coefficient (Wildman–Crippen LogP) is 1.74. The monoisotopic (exact) mass is 210 g/mol. The van der Waals surface area contributed by atoms with Crippen molar-refractivity contribution in [1.82, 2.24) is 5.43 Å². The van der Waals surface area contributed by atoms with E-state index in [1.165, 1.54) is 31.3 Å². The maximum atomic E-state index is 5.68. The van der Waals surface area contributed by atoms with Gasteiger partial charge in [0.15, 0.2) is 0 Å². The van der Waals surface area contributed by atoms with E-state index in [1.807, 2.05) is 0 Å². The standard InChI is InChI=1S/C12H22N2O/c1-9-7-11(8-15-9)12(14-13)10-5-3-2-4-6-10/h5,9,11-12,14H,2-4,6-8,13H2,1H3. The molecule has 0 aromatic carbocycles. The van der Waals surface area contributed by atoms with Crippen molar-refractivity contribution in [1.29, 1.82) is 0 Å². The topological polar surface area (TPSA) is 47.3 Å². The first-order valence-corrected chi connectivity index (χ1v) is 6.08. The molecule has 86 valence electrons. The normalized spacial score (nSPS) is 33.9. The van der Waals surface area contributed by atoms with E-state index in [1.54, 1.807) is 0 Å². The average Bonchev–Trinajstić information content (AvgIpc) is 2.68. The van der Waals surface area contributed by atoms with E-state index in [0.717, 1.165) is 13.0 Å². The van der Waals surface area contributed by atoms with Crippen molar-refractivity contribution in [2.24, 2.45) is 11.8 Å². The Hall–Kier alpha value is -0.380. The predicted molar refractivity (Wildman–Crippen MR) is 61.2 cm³/mol. The number of nitrogens with one attached hydrogen (secondary N) is 1. The zero-order valence-electron chi connectivity index (χ0n) is 9.54. The Morgan fingerprint density at radius 2 is 2.40 bits per heavy atom. The molecular weight excluding hydrogens is 188 g/mol. The highest BCUT2D eigenvalue weighted by molar-refractivity contribution is 5.15. The van der Waals surface area contributed by atoms with Crippen molar-refractivity contribution in [2.75, 3.05) is 6.61 Å². The fourth-order valence-corrected chi connectivity index (χ4v) is 2.77. The zero-order chi connectivity index (χ0) is 10.7. The van der Waals surface area contributed by atoms with Crippen molar-refractivity contribution in [3.8, 4) is 0 Å². The third-order valence-electron chi connectivity index (χ3n) is 3.61. The molecule has 0 aromatic rings. The Balaban J connectivity index is 1.99. The lowest BCUT2D eigenvalue weighted by molar-refractivity contribution is 0.118. The first-order chi connectivity index (χ1) is 7.31. The largest absolute Gasteiger partial charge is 0.378 e. The van der Waals surface area contributed by atoms with Crippen LogP contribution in [0.25, 0.3) is 0 Å². The molecule has 3 N–H and O–H groups in total. The van der Waals surface area contributed by atoms with Crippen LogP contribution in [0.5, 0.6) is 0 Å². The van der Waals surface area contributed by atoms with E-state index in [0.29, 0.717) is 18.1 Å². The van der Waals surface area contributed by atoms with E-state index in [2.05, 4.69) is 18.4 Å². The quantitative estimate of drug-likeness (QED) is 0.424. The minimum absolute atomic E-state index is 0.343. The van der Waals surface area contributed by atoms with Gasteiger partial charge in [0.2, 0.25) is 0 Å². The second-order valence-corrected chi connectivity index (χ2v) is 4.81. The van der Waals surface area contributed by atoms with Crippen LogP contribution in [0.4, 0.5) is 0 Å². The molecule has 1 aliphatic carbocycles. The molecule has 1 aliphatic heterocycles. The molecule has 15 heavy (non-hydrogen) atoms. The van der Waals surface area contributed by atoms with Crippen molar-refractivity contribution in [3.63, 3.8) is 0 Å². The second kappa shape index (κ2) is 5.10. The van der Waals surface area contributed by atoms with Crippen molar-refractivity contribution in [3.05, 3.63) is 11.6 Å². The molecule has 3 nitrogen and oxygen atoms in total. The Morgan fingerprint density at radius 3 is 2.93 bits per heavy atom. The summed E-state index contributed by atoms with van der Waals surface area (Å²) in [7, 11) is 0. The lowest BCUT2D eigenvalue weighted by Crippen LogP contribution is -2.43. The molecule has 3 atom stereocenters. The van der Waals surface area contributed by atoms with Crippen LogP contribution in [-0.2, 0) is 4.74 Å². The van der Waals surface area contributed by atoms with Gasteiger partial charge in [-0.3, -0.25) is 11.3 Å². The van der Waals surface area contributed by atoms with Crippen LogP contribution in [-0.4, -0.2) is 18.8 Å². The van der Waals surface area contributed by atoms with Crippen LogP contribution in [0.15, 0.2) is 11.6 Å². The molecule has 0 saturated carbocycles. The molecule has 3 unspecified atom stereocenters. The zero-order valence-corrected chi connectivity index (χ0v) is 9.54. The van der Waals surface area contributed by atoms with Crippen LogP contribution < -0.4 is 11.3 Å². The third kappa shape index (κ3) is 2.60. The van der Waals surface area contributed by atoms with Crippen LogP contribution >= 0.6 is 0 Å². The maximum absolute atomic E-state index is 5.68. The summed E-state index contributed by atoms with van der Waals surface area (Å²) in [6, 6.07) is 0.343. The molecule has 2 rings (SSSR count). The molecule has 3 heteroatoms. The molecule has 0 aromatic heterocycles. The molecule has 0 amide bonds. The van der Waals surface area contributed by atoms with Gasteiger partial charge in [-0.15, -0.1) is 0 Å². The van der Waals surface area contributed by atoms with Crippen LogP contribution in [0.1, 0.15) is 39.0 Å². The van der Waals surface area contributed by atoms with Crippen molar-refractivity contribution >= 4 is 0 Å². The summed E-state index contributed by atoms with van der Waals surface area (Å²) in [5, 5.41) is 0. The average molecular weight is 210 g/mol. The molecule has 1 saturated heterocycles. The summed E-state index contributed by atoms with van der Waals surface area (Å²) in [4.78, 5) is 0. The van der Waals surface area contributed by atoms with E-state index in [9.17, 15) is 0 Å². The SMILES string of the molecule is CC1CC(C(NN)C2=CCCCC2)CO1. The smallest absolute Gasteiger partial charge is 0.0551 e. The summed E-state index contributed by atoms with van der Waals surface area (Å²) < 4.78 is 5.62. The number of ether oxygens (including phenoxy) is 1. The van der Waals surface area contributed by atoms with Gasteiger partial charge >= 0.3 is 0 Å². The lowest BCUT2D eigenvalue weighted by Gasteiger charge is -2.26. The van der Waals surface area contributed by atoms with Gasteiger partial charge in [0.25, 0.3) is 0 Å². The van der Waals surface area contributed by atoms with Gasteiger partial charge in [-0.2, -0.15) is 0 Å². The van der Waals surface area contributed by atoms with Crippen molar-refractivity contribution < 1.29 is 4.74 Å². The number of hydrogen-bond donors (Lipinski definition) is 2. The molecule has 1 fully saturated rings. The maximum Gasteiger partial charge on any atom is 0.0551 e. The molecule has 0 radical (unpaired) electrons. The summed E-state index contributed by atoms with van der Waals surface area (Å²) in [6.07, 6.45) is 8.97. The summed E-state index contributed by atoms with van der Waals surface area (Å²) in [6.45, 7) is 3.00. The molecule has 0 spiro atoms. The van der Waals surface area contributed by atoms with Crippen LogP contribution in [0.3, 0.4) is 0 Å². The molecule has 2 aliphatic rings. The van der Waals surface area contributed by atoms with E-state index >= 15 is 0 Å². The van der Waals surface area contributed by atoms with Gasteiger partial charge in [-0.1, -0.05) is 11.6 Å². The number of hydrazine groups is 1. The van der Waals surface area contributed by atoms with E-state index < -0.39 is 0 Å². The molecular formula is C12H22N2O. The Morgan fingerprint density at radius 1 is 1.53 bits per heavy atom. The Kier molecular flexibility index (Phi) is 3.78. The van der Waals surface area contributed by atoms with Crippen LogP contribution in [0, 0.1) is 5.92 Å². The van der Waals surface area contributed by atoms with Gasteiger partial charge < -0.3 is 4.74 Å². The summed E-state index contributed by atoms with van der Waals surface area (Å²) in [5.41, 5.74) is 4.49. The van der Waals surface area contributed by atoms with E-state index in [4.69, 9.17) is 10.6 Å². The van der Waals surface area contributed by atoms with Crippen LogP contribution in [0.2, 0.25) is 0 Å². The first-order valence-electron chi connectivity index (χ1n) is 6.08. The highest BCUT2D eigenvalue weighted by Crippen LogP contribution is 2.29. The molecule has 1 heterocycles. The highest BCUT2D eigenvalue weighted by atomic mass is 16.5. The fraction of sp³-hybridized carbons (Fsp3) is 0.833. The van der Waals surface area contributed by atoms with Gasteiger partial charge in [0, 0.05) is 12.0 Å². The number of nitrogens with two attached hydrogens (primary N) is 1. The lowest BCUT2D eigenvalue weighted by atomic mass is 9.85. The fourth-order valence-electron chi connectivity index (χ4n) is 2.77. The van der Waals surface area contributed by atoms with Gasteiger partial charge in [-0.25, -0.2) is 0 Å². The number of allylic oxidation sites excluding steroid dienone is 1. The van der Waals surface area contributed by atoms with Gasteiger partial charge in [0.05, 0.1) is 12.7 Å². The van der Waals surface area contributed by atoms with E-state index in [-0.39, 0.29) is 0 Å². The second-order valence-electron chi connectivity index (χ2n) is 4.81. The Bertz CT molecular complexity index is 240.